The Morgan fingerprint density at radius 2 is 1.33 bits per heavy atom. The van der Waals surface area contributed by atoms with Gasteiger partial charge in [-0.2, -0.15) is 0 Å². The zero-order chi connectivity index (χ0) is 14.2. The van der Waals surface area contributed by atoms with Gasteiger partial charge in [-0.25, -0.2) is 9.98 Å². The molecule has 2 atom stereocenters. The molecule has 2 nitrogen and oxygen atoms in total. The van der Waals surface area contributed by atoms with Gasteiger partial charge >= 0.3 is 0 Å². The van der Waals surface area contributed by atoms with E-state index in [-0.39, 0.29) is 6.17 Å². The first kappa shape index (κ1) is 13.2. The Balaban J connectivity index is 1.59. The number of hydrogen-bond donors (Lipinski definition) is 0. The predicted molar refractivity (Wildman–Crippen MR) is 93.5 cm³/mol. The lowest BCUT2D eigenvalue weighted by atomic mass is 10.2. The van der Waals surface area contributed by atoms with Gasteiger partial charge in [0.05, 0.1) is 0 Å². The Kier molecular flexibility index (Phi) is 3.36. The van der Waals surface area contributed by atoms with E-state index in [2.05, 4.69) is 55.5 Å². The molecular weight excluding hydrogens is 296 g/mol. The summed E-state index contributed by atoms with van der Waals surface area (Å²) in [5.74, 6) is 0. The van der Waals surface area contributed by atoms with Crippen LogP contribution in [0.5, 0.6) is 0 Å². The van der Waals surface area contributed by atoms with E-state index in [1.807, 2.05) is 29.6 Å². The van der Waals surface area contributed by atoms with Crippen molar-refractivity contribution in [2.75, 3.05) is 0 Å². The van der Waals surface area contributed by atoms with Crippen molar-refractivity contribution in [3.8, 4) is 0 Å². The summed E-state index contributed by atoms with van der Waals surface area (Å²) in [6, 6.07) is 18.9. The zero-order valence-electron chi connectivity index (χ0n) is 11.6. The fraction of sp³-hybridized carbons (Fsp3) is 0.176. The molecule has 0 radical (unpaired) electrons. The van der Waals surface area contributed by atoms with Gasteiger partial charge in [-0.05, 0) is 6.92 Å². The molecule has 104 valence electrons. The molecule has 4 rings (SSSR count). The lowest BCUT2D eigenvalue weighted by molar-refractivity contribution is 0.809. The number of nitrogens with zero attached hydrogens (tertiary/aromatic N) is 2. The second-order valence-electron chi connectivity index (χ2n) is 5.12. The first-order valence-electron chi connectivity index (χ1n) is 6.91. The SMILES string of the molecule is Cc1ccc(C2=N[C@H]3N=C(c4ccccc4)S[C@H]3S2)cc1. The van der Waals surface area contributed by atoms with Crippen LogP contribution in [0.15, 0.2) is 64.6 Å². The number of fused-ring (bicyclic) bond motifs is 1. The quantitative estimate of drug-likeness (QED) is 0.824. The number of aryl methyl sites for hydroxylation is 1. The van der Waals surface area contributed by atoms with Gasteiger partial charge in [-0.1, -0.05) is 83.7 Å². The summed E-state index contributed by atoms with van der Waals surface area (Å²) in [7, 11) is 0. The molecule has 0 saturated carbocycles. The van der Waals surface area contributed by atoms with Gasteiger partial charge in [0.25, 0.3) is 0 Å². The third-order valence-corrected chi connectivity index (χ3v) is 6.17. The Hall–Kier alpha value is -1.52. The third kappa shape index (κ3) is 2.54. The van der Waals surface area contributed by atoms with Crippen LogP contribution in [-0.2, 0) is 0 Å². The molecule has 2 aromatic rings. The Morgan fingerprint density at radius 3 is 1.90 bits per heavy atom. The number of rotatable bonds is 2. The maximum Gasteiger partial charge on any atom is 0.163 e. The van der Waals surface area contributed by atoms with Crippen LogP contribution in [0, 0.1) is 6.92 Å². The highest BCUT2D eigenvalue weighted by molar-refractivity contribution is 8.31. The van der Waals surface area contributed by atoms with E-state index in [0.717, 1.165) is 10.1 Å². The van der Waals surface area contributed by atoms with Crippen molar-refractivity contribution in [1.82, 2.24) is 0 Å². The number of hydrogen-bond acceptors (Lipinski definition) is 4. The van der Waals surface area contributed by atoms with Crippen LogP contribution in [-0.4, -0.2) is 20.8 Å². The molecule has 0 unspecified atom stereocenters. The molecule has 0 fully saturated rings. The second kappa shape index (κ2) is 5.35. The van der Waals surface area contributed by atoms with Crippen LogP contribution in [0.4, 0.5) is 0 Å². The minimum absolute atomic E-state index is 0.0616. The van der Waals surface area contributed by atoms with Gasteiger partial charge in [0.1, 0.15) is 14.7 Å². The van der Waals surface area contributed by atoms with Crippen LogP contribution < -0.4 is 0 Å². The van der Waals surface area contributed by atoms with Gasteiger partial charge in [0.15, 0.2) is 6.17 Å². The van der Waals surface area contributed by atoms with Crippen molar-refractivity contribution in [1.29, 1.82) is 0 Å². The highest BCUT2D eigenvalue weighted by Crippen LogP contribution is 2.44. The molecular formula is C17H14N2S2. The first-order chi connectivity index (χ1) is 10.3. The standard InChI is InChI=1S/C17H14N2S2/c1-11-7-9-13(10-8-11)16-19-14-17(21-16)20-15(18-14)12-5-3-2-4-6-12/h2-10,14,17H,1H3/t14-,17+/m1/s1. The van der Waals surface area contributed by atoms with Crippen LogP contribution in [0.25, 0.3) is 0 Å². The molecule has 0 aliphatic carbocycles. The molecule has 0 bridgehead atoms. The lowest BCUT2D eigenvalue weighted by Gasteiger charge is -2.05. The van der Waals surface area contributed by atoms with E-state index in [1.165, 1.54) is 16.7 Å². The largest absolute Gasteiger partial charge is 0.249 e. The summed E-state index contributed by atoms with van der Waals surface area (Å²) in [5, 5.41) is 2.23. The van der Waals surface area contributed by atoms with Crippen LogP contribution >= 0.6 is 23.5 Å². The van der Waals surface area contributed by atoms with Crippen molar-refractivity contribution in [3.63, 3.8) is 0 Å². The molecule has 2 aromatic carbocycles. The molecule has 21 heavy (non-hydrogen) atoms. The van der Waals surface area contributed by atoms with Gasteiger partial charge in [0, 0.05) is 11.1 Å². The Bertz CT molecular complexity index is 720. The number of aliphatic imine (C=N–C) groups is 2. The van der Waals surface area contributed by atoms with Gasteiger partial charge < -0.3 is 0 Å². The summed E-state index contributed by atoms with van der Waals surface area (Å²) in [5.41, 5.74) is 3.68. The third-order valence-electron chi connectivity index (χ3n) is 3.52. The fourth-order valence-electron chi connectivity index (χ4n) is 2.38. The lowest BCUT2D eigenvalue weighted by Crippen LogP contribution is -2.03. The van der Waals surface area contributed by atoms with Crippen molar-refractivity contribution >= 4 is 33.6 Å². The molecule has 0 amide bonds. The van der Waals surface area contributed by atoms with E-state index < -0.39 is 0 Å². The van der Waals surface area contributed by atoms with Gasteiger partial charge in [-0.15, -0.1) is 0 Å². The Labute approximate surface area is 132 Å². The van der Waals surface area contributed by atoms with Crippen molar-refractivity contribution in [3.05, 3.63) is 71.3 Å². The maximum atomic E-state index is 4.80. The van der Waals surface area contributed by atoms with E-state index in [1.54, 1.807) is 0 Å². The minimum Gasteiger partial charge on any atom is -0.249 e. The molecule has 0 saturated heterocycles. The fourth-order valence-corrected chi connectivity index (χ4v) is 4.93. The second-order valence-corrected chi connectivity index (χ2v) is 7.68. The van der Waals surface area contributed by atoms with E-state index in [0.29, 0.717) is 4.58 Å². The molecule has 2 heterocycles. The Morgan fingerprint density at radius 1 is 0.762 bits per heavy atom. The maximum absolute atomic E-state index is 4.80. The number of thioether (sulfide) groups is 2. The summed E-state index contributed by atoms with van der Waals surface area (Å²) in [6.45, 7) is 2.11. The summed E-state index contributed by atoms with van der Waals surface area (Å²) >= 11 is 3.67. The average molecular weight is 310 g/mol. The summed E-state index contributed by atoms with van der Waals surface area (Å²) < 4.78 is 0.386. The van der Waals surface area contributed by atoms with Crippen molar-refractivity contribution in [2.24, 2.45) is 9.98 Å². The highest BCUT2D eigenvalue weighted by Gasteiger charge is 2.37. The van der Waals surface area contributed by atoms with Crippen molar-refractivity contribution < 1.29 is 0 Å². The van der Waals surface area contributed by atoms with E-state index >= 15 is 0 Å². The number of benzene rings is 2. The smallest absolute Gasteiger partial charge is 0.163 e. The van der Waals surface area contributed by atoms with Crippen LogP contribution in [0.1, 0.15) is 16.7 Å². The molecule has 0 N–H and O–H groups in total. The summed E-state index contributed by atoms with van der Waals surface area (Å²) in [6.07, 6.45) is 0.0616. The molecule has 2 aliphatic rings. The van der Waals surface area contributed by atoms with Crippen LogP contribution in [0.3, 0.4) is 0 Å². The average Bonchev–Trinajstić information content (AvgIpc) is 3.07. The summed E-state index contributed by atoms with van der Waals surface area (Å²) in [4.78, 5) is 9.58. The molecule has 2 aliphatic heterocycles. The monoisotopic (exact) mass is 310 g/mol. The minimum atomic E-state index is 0.0616. The molecule has 4 heteroatoms. The highest BCUT2D eigenvalue weighted by atomic mass is 32.2. The van der Waals surface area contributed by atoms with Gasteiger partial charge in [0.2, 0.25) is 0 Å². The van der Waals surface area contributed by atoms with Crippen LogP contribution in [0.2, 0.25) is 0 Å². The molecule has 0 aromatic heterocycles. The first-order valence-corrected chi connectivity index (χ1v) is 8.67. The topological polar surface area (TPSA) is 24.7 Å². The van der Waals surface area contributed by atoms with E-state index in [4.69, 9.17) is 9.98 Å². The van der Waals surface area contributed by atoms with Gasteiger partial charge in [-0.3, -0.25) is 0 Å². The van der Waals surface area contributed by atoms with Crippen molar-refractivity contribution in [2.45, 2.75) is 17.7 Å². The normalized spacial score (nSPS) is 23.7. The zero-order valence-corrected chi connectivity index (χ0v) is 13.2. The predicted octanol–water partition coefficient (Wildman–Crippen LogP) is 4.33. The van der Waals surface area contributed by atoms with E-state index in [9.17, 15) is 0 Å². The molecule has 0 spiro atoms.